The Hall–Kier alpha value is -2.54. The van der Waals surface area contributed by atoms with Gasteiger partial charge in [-0.15, -0.1) is 0 Å². The highest BCUT2D eigenvalue weighted by Gasteiger charge is 2.21. The fourth-order valence-electron chi connectivity index (χ4n) is 2.85. The number of halogens is 2. The molecule has 0 aliphatic heterocycles. The van der Waals surface area contributed by atoms with Crippen molar-refractivity contribution in [2.75, 3.05) is 5.32 Å². The normalized spacial score (nSPS) is 11.3. The molecule has 0 aromatic heterocycles. The minimum Gasteiger partial charge on any atom is -0.505 e. The van der Waals surface area contributed by atoms with Crippen LogP contribution in [-0.4, -0.2) is 19.3 Å². The monoisotopic (exact) mass is 449 g/mol. The number of aromatic hydroxyl groups is 1. The van der Waals surface area contributed by atoms with Crippen LogP contribution < -0.4 is 5.32 Å². The van der Waals surface area contributed by atoms with Crippen LogP contribution in [0.2, 0.25) is 10.0 Å². The van der Waals surface area contributed by atoms with Crippen LogP contribution in [0.4, 0.5) is 5.69 Å². The number of hydrogen-bond donors (Lipinski definition) is 2. The molecule has 0 saturated carbocycles. The van der Waals surface area contributed by atoms with Crippen molar-refractivity contribution in [3.05, 3.63) is 81.8 Å². The van der Waals surface area contributed by atoms with E-state index in [4.69, 9.17) is 23.2 Å². The molecule has 150 valence electrons. The maximum atomic E-state index is 13.1. The number of phenols is 1. The van der Waals surface area contributed by atoms with E-state index in [1.807, 2.05) is 0 Å². The van der Waals surface area contributed by atoms with Gasteiger partial charge in [0, 0.05) is 16.6 Å². The number of rotatable bonds is 6. The molecule has 0 spiro atoms. The van der Waals surface area contributed by atoms with Crippen LogP contribution in [0.15, 0.2) is 70.5 Å². The summed E-state index contributed by atoms with van der Waals surface area (Å²) < 4.78 is 26.1. The van der Waals surface area contributed by atoms with Crippen LogP contribution in [0.3, 0.4) is 0 Å². The minimum atomic E-state index is -3.77. The Labute approximate surface area is 178 Å². The van der Waals surface area contributed by atoms with Crippen molar-refractivity contribution in [2.24, 2.45) is 0 Å². The van der Waals surface area contributed by atoms with Crippen molar-refractivity contribution in [3.63, 3.8) is 0 Å². The lowest BCUT2D eigenvalue weighted by Gasteiger charge is -2.14. The molecule has 0 radical (unpaired) electrons. The maximum Gasteiger partial charge on any atom is 0.206 e. The van der Waals surface area contributed by atoms with Crippen molar-refractivity contribution >= 4 is 44.5 Å². The fraction of sp³-hybridized carbons (Fsp3) is 0.0952. The van der Waals surface area contributed by atoms with Gasteiger partial charge in [-0.05, 0) is 55.0 Å². The number of ketones is 1. The quantitative estimate of drug-likeness (QED) is 0.391. The van der Waals surface area contributed by atoms with E-state index < -0.39 is 9.84 Å². The highest BCUT2D eigenvalue weighted by Crippen LogP contribution is 2.33. The van der Waals surface area contributed by atoms with Gasteiger partial charge in [-0.1, -0.05) is 41.4 Å². The van der Waals surface area contributed by atoms with Gasteiger partial charge in [-0.25, -0.2) is 8.42 Å². The molecule has 0 fully saturated rings. The number of benzene rings is 3. The number of sulfone groups is 1. The number of hydrogen-bond acceptors (Lipinski definition) is 5. The van der Waals surface area contributed by atoms with Crippen molar-refractivity contribution < 1.29 is 18.3 Å². The Morgan fingerprint density at radius 2 is 1.66 bits per heavy atom. The molecule has 0 unspecified atom stereocenters. The summed E-state index contributed by atoms with van der Waals surface area (Å²) in [5, 5.41) is 14.0. The summed E-state index contributed by atoms with van der Waals surface area (Å²) in [5.74, 6) is -0.571. The standard InChI is InChI=1S/C21H17Cl2NO4S/c1-13(25)18-10-16(23)11-19(21(18)26)24-12-14-4-2-3-5-20(14)29(27,28)17-8-6-15(22)7-9-17/h2-11,24,26H,12H2,1H3. The van der Waals surface area contributed by atoms with Crippen molar-refractivity contribution in [2.45, 2.75) is 23.3 Å². The van der Waals surface area contributed by atoms with Gasteiger partial charge < -0.3 is 10.4 Å². The van der Waals surface area contributed by atoms with Crippen molar-refractivity contribution in [1.29, 1.82) is 0 Å². The Kier molecular flexibility index (Phi) is 6.17. The first-order valence-corrected chi connectivity index (χ1v) is 10.8. The summed E-state index contributed by atoms with van der Waals surface area (Å²) in [7, 11) is -3.77. The number of anilines is 1. The van der Waals surface area contributed by atoms with E-state index in [2.05, 4.69) is 5.32 Å². The molecule has 3 rings (SSSR count). The first-order valence-electron chi connectivity index (χ1n) is 8.56. The lowest BCUT2D eigenvalue weighted by atomic mass is 10.1. The summed E-state index contributed by atoms with van der Waals surface area (Å²) in [5.41, 5.74) is 0.815. The third-order valence-corrected chi connectivity index (χ3v) is 6.65. The summed E-state index contributed by atoms with van der Waals surface area (Å²) >= 11 is 11.9. The first-order chi connectivity index (χ1) is 13.7. The number of phenolic OH excluding ortho intramolecular Hbond substituents is 1. The summed E-state index contributed by atoms with van der Waals surface area (Å²) in [6.45, 7) is 1.41. The van der Waals surface area contributed by atoms with E-state index in [9.17, 15) is 18.3 Å². The highest BCUT2D eigenvalue weighted by atomic mass is 35.5. The average molecular weight is 450 g/mol. The number of nitrogens with one attached hydrogen (secondary N) is 1. The van der Waals surface area contributed by atoms with Gasteiger partial charge in [0.25, 0.3) is 0 Å². The first kappa shape index (κ1) is 21.2. The van der Waals surface area contributed by atoms with Crippen LogP contribution in [0.1, 0.15) is 22.8 Å². The molecule has 0 heterocycles. The molecule has 3 aromatic carbocycles. The lowest BCUT2D eigenvalue weighted by molar-refractivity contribution is 0.101. The zero-order chi connectivity index (χ0) is 21.2. The molecule has 5 nitrogen and oxygen atoms in total. The fourth-order valence-corrected chi connectivity index (χ4v) is 4.68. The largest absolute Gasteiger partial charge is 0.505 e. The third kappa shape index (κ3) is 4.56. The molecule has 0 aliphatic carbocycles. The van der Waals surface area contributed by atoms with Gasteiger partial charge in [-0.2, -0.15) is 0 Å². The van der Waals surface area contributed by atoms with Gasteiger partial charge in [0.05, 0.1) is 21.0 Å². The Morgan fingerprint density at radius 1 is 1.00 bits per heavy atom. The summed E-state index contributed by atoms with van der Waals surface area (Å²) in [6, 6.07) is 15.3. The lowest BCUT2D eigenvalue weighted by Crippen LogP contribution is -2.09. The van der Waals surface area contributed by atoms with Crippen LogP contribution in [0, 0.1) is 0 Å². The Morgan fingerprint density at radius 3 is 2.31 bits per heavy atom. The van der Waals surface area contributed by atoms with Gasteiger partial charge in [-0.3, -0.25) is 4.79 Å². The van der Waals surface area contributed by atoms with Crippen molar-refractivity contribution in [3.8, 4) is 5.75 Å². The molecule has 2 N–H and O–H groups in total. The molecule has 0 bridgehead atoms. The SMILES string of the molecule is CC(=O)c1cc(Cl)cc(NCc2ccccc2S(=O)(=O)c2ccc(Cl)cc2)c1O. The van der Waals surface area contributed by atoms with Crippen LogP contribution in [0.5, 0.6) is 5.75 Å². The van der Waals surface area contributed by atoms with E-state index in [1.165, 1.54) is 49.4 Å². The minimum absolute atomic E-state index is 0.0853. The molecule has 3 aromatic rings. The molecular formula is C21H17Cl2NO4S. The zero-order valence-electron chi connectivity index (χ0n) is 15.3. The van der Waals surface area contributed by atoms with Crippen LogP contribution in [-0.2, 0) is 16.4 Å². The number of carbonyl (C=O) groups is 1. The second-order valence-corrected chi connectivity index (χ2v) is 9.12. The summed E-state index contributed by atoms with van der Waals surface area (Å²) in [4.78, 5) is 11.9. The molecule has 8 heteroatoms. The van der Waals surface area contributed by atoms with Crippen LogP contribution >= 0.6 is 23.2 Å². The van der Waals surface area contributed by atoms with Gasteiger partial charge >= 0.3 is 0 Å². The van der Waals surface area contributed by atoms with Crippen molar-refractivity contribution in [1.82, 2.24) is 0 Å². The van der Waals surface area contributed by atoms with Gasteiger partial charge in [0.15, 0.2) is 5.78 Å². The second kappa shape index (κ2) is 8.45. The molecule has 0 atom stereocenters. The predicted octanol–water partition coefficient (Wildman–Crippen LogP) is 5.35. The van der Waals surface area contributed by atoms with Crippen LogP contribution in [0.25, 0.3) is 0 Å². The smallest absolute Gasteiger partial charge is 0.206 e. The predicted molar refractivity (Wildman–Crippen MR) is 114 cm³/mol. The average Bonchev–Trinajstić information content (AvgIpc) is 2.68. The molecule has 0 saturated heterocycles. The third-order valence-electron chi connectivity index (χ3n) is 4.31. The maximum absolute atomic E-state index is 13.1. The zero-order valence-corrected chi connectivity index (χ0v) is 17.6. The van der Waals surface area contributed by atoms with Gasteiger partial charge in [0.1, 0.15) is 5.75 Å². The molecular weight excluding hydrogens is 433 g/mol. The van der Waals surface area contributed by atoms with E-state index in [1.54, 1.807) is 18.2 Å². The number of carbonyl (C=O) groups excluding carboxylic acids is 1. The Balaban J connectivity index is 1.95. The topological polar surface area (TPSA) is 83.5 Å². The molecule has 0 aliphatic rings. The van der Waals surface area contributed by atoms with E-state index in [0.29, 0.717) is 10.6 Å². The molecule has 29 heavy (non-hydrogen) atoms. The Bertz CT molecular complexity index is 1180. The second-order valence-electron chi connectivity index (χ2n) is 6.32. The molecule has 0 amide bonds. The van der Waals surface area contributed by atoms with E-state index >= 15 is 0 Å². The van der Waals surface area contributed by atoms with Gasteiger partial charge in [0.2, 0.25) is 9.84 Å². The highest BCUT2D eigenvalue weighted by molar-refractivity contribution is 7.91. The summed E-state index contributed by atoms with van der Waals surface area (Å²) in [6.07, 6.45) is 0. The van der Waals surface area contributed by atoms with E-state index in [0.717, 1.165) is 0 Å². The number of Topliss-reactive ketones (excluding diaryl/α,β-unsaturated/α-hetero) is 1. The van der Waals surface area contributed by atoms with E-state index in [-0.39, 0.29) is 44.1 Å².